The van der Waals surface area contributed by atoms with Crippen LogP contribution in [0.15, 0.2) is 75.1 Å². The van der Waals surface area contributed by atoms with Gasteiger partial charge in [-0.15, -0.1) is 0 Å². The van der Waals surface area contributed by atoms with Gasteiger partial charge in [0.15, 0.2) is 0 Å². The minimum Gasteiger partial charge on any atom is -0.386 e. The van der Waals surface area contributed by atoms with Crippen molar-refractivity contribution in [1.82, 2.24) is 0 Å². The maximum atomic E-state index is 9.72. The maximum absolute atomic E-state index is 9.72. The predicted molar refractivity (Wildman–Crippen MR) is 95.1 cm³/mol. The maximum Gasteiger partial charge on any atom is 0.118 e. The molecule has 0 amide bonds. The number of thioether (sulfide) groups is 1. The van der Waals surface area contributed by atoms with Crippen molar-refractivity contribution in [2.45, 2.75) is 24.2 Å². The highest BCUT2D eigenvalue weighted by Crippen LogP contribution is 2.44. The van der Waals surface area contributed by atoms with Crippen LogP contribution in [0.4, 0.5) is 0 Å². The van der Waals surface area contributed by atoms with E-state index >= 15 is 0 Å². The van der Waals surface area contributed by atoms with Gasteiger partial charge in [0, 0.05) is 4.90 Å². The summed E-state index contributed by atoms with van der Waals surface area (Å²) in [5.74, 6) is 0.467. The van der Waals surface area contributed by atoms with Crippen LogP contribution >= 0.6 is 11.8 Å². The van der Waals surface area contributed by atoms with Gasteiger partial charge in [-0.05, 0) is 31.5 Å². The first-order chi connectivity index (χ1) is 11.1. The molecule has 2 aromatic carbocycles. The fourth-order valence-electron chi connectivity index (χ4n) is 2.63. The lowest BCUT2D eigenvalue weighted by Gasteiger charge is -2.25. The molecule has 4 heteroatoms. The molecule has 2 N–H and O–H groups in total. The molecule has 114 valence electrons. The second-order valence-corrected chi connectivity index (χ2v) is 6.76. The fraction of sp³-hybridized carbons (Fsp3) is 0.158. The number of hydrogen-bond donors (Lipinski definition) is 1. The summed E-state index contributed by atoms with van der Waals surface area (Å²) < 4.78 is 0. The molecule has 0 saturated heterocycles. The van der Waals surface area contributed by atoms with E-state index in [-0.39, 0.29) is 0 Å². The number of nitriles is 1. The molecular formula is C19H17N3S. The first-order valence-electron chi connectivity index (χ1n) is 7.35. The smallest absolute Gasteiger partial charge is 0.118 e. The number of rotatable bonds is 3. The Kier molecular flexibility index (Phi) is 3.97. The van der Waals surface area contributed by atoms with Crippen molar-refractivity contribution in [3.8, 4) is 6.07 Å². The molecule has 2 aromatic rings. The zero-order valence-corrected chi connectivity index (χ0v) is 13.9. The second-order valence-electron chi connectivity index (χ2n) is 5.70. The van der Waals surface area contributed by atoms with Crippen molar-refractivity contribution < 1.29 is 0 Å². The quantitative estimate of drug-likeness (QED) is 0.924. The van der Waals surface area contributed by atoms with Crippen LogP contribution in [0.5, 0.6) is 0 Å². The van der Waals surface area contributed by atoms with E-state index < -0.39 is 5.41 Å². The van der Waals surface area contributed by atoms with Crippen LogP contribution in [0.3, 0.4) is 0 Å². The van der Waals surface area contributed by atoms with Gasteiger partial charge in [-0.3, -0.25) is 0 Å². The van der Waals surface area contributed by atoms with E-state index in [2.05, 4.69) is 11.1 Å². The Balaban J connectivity index is 2.04. The van der Waals surface area contributed by atoms with Gasteiger partial charge in [-0.1, -0.05) is 59.8 Å². The normalized spacial score (nSPS) is 20.3. The molecule has 0 fully saturated rings. The van der Waals surface area contributed by atoms with Gasteiger partial charge < -0.3 is 5.73 Å². The van der Waals surface area contributed by atoms with Crippen molar-refractivity contribution in [2.24, 2.45) is 10.7 Å². The highest BCUT2D eigenvalue weighted by molar-refractivity contribution is 8.03. The molecule has 1 aliphatic rings. The van der Waals surface area contributed by atoms with Gasteiger partial charge in [0.05, 0.1) is 17.1 Å². The van der Waals surface area contributed by atoms with Crippen molar-refractivity contribution >= 4 is 17.6 Å². The zero-order chi connectivity index (χ0) is 16.4. The third-order valence-electron chi connectivity index (χ3n) is 4.15. The van der Waals surface area contributed by atoms with E-state index in [0.717, 1.165) is 10.5 Å². The van der Waals surface area contributed by atoms with Crippen LogP contribution in [-0.2, 0) is 5.41 Å². The Morgan fingerprint density at radius 2 is 1.74 bits per heavy atom. The molecule has 0 spiro atoms. The lowest BCUT2D eigenvalue weighted by molar-refractivity contribution is 0.782. The van der Waals surface area contributed by atoms with Crippen molar-refractivity contribution in [2.75, 3.05) is 0 Å². The molecule has 3 nitrogen and oxygen atoms in total. The second kappa shape index (κ2) is 5.94. The third-order valence-corrected chi connectivity index (χ3v) is 5.14. The summed E-state index contributed by atoms with van der Waals surface area (Å²) in [5, 5.41) is 10.4. The summed E-state index contributed by atoms with van der Waals surface area (Å²) in [6, 6.07) is 20.3. The van der Waals surface area contributed by atoms with Crippen LogP contribution < -0.4 is 5.73 Å². The number of aliphatic imine (C=N–C) groups is 1. The monoisotopic (exact) mass is 319 g/mol. The van der Waals surface area contributed by atoms with Gasteiger partial charge in [-0.2, -0.15) is 5.26 Å². The van der Waals surface area contributed by atoms with Gasteiger partial charge in [0.1, 0.15) is 10.9 Å². The van der Waals surface area contributed by atoms with Crippen LogP contribution in [0, 0.1) is 18.3 Å². The molecule has 0 aliphatic carbocycles. The Hall–Kier alpha value is -2.51. The Morgan fingerprint density at radius 3 is 2.35 bits per heavy atom. The highest BCUT2D eigenvalue weighted by atomic mass is 32.2. The summed E-state index contributed by atoms with van der Waals surface area (Å²) in [5.41, 5.74) is 8.35. The van der Waals surface area contributed by atoms with Crippen LogP contribution in [0.1, 0.15) is 18.1 Å². The molecule has 0 aromatic heterocycles. The number of benzene rings is 2. The standard InChI is InChI=1S/C19H17N3S/c1-13-8-10-15(11-9-13)23-17-16(12-20)19(2,18(21)22-17)14-6-4-3-5-7-14/h3-11H,1-2H3,(H2,21,22). The predicted octanol–water partition coefficient (Wildman–Crippen LogP) is 4.15. The number of hydrogen-bond acceptors (Lipinski definition) is 4. The van der Waals surface area contributed by atoms with Gasteiger partial charge in [0.25, 0.3) is 0 Å². The average molecular weight is 319 g/mol. The van der Waals surface area contributed by atoms with E-state index in [0.29, 0.717) is 16.4 Å². The average Bonchev–Trinajstić information content (AvgIpc) is 2.81. The summed E-state index contributed by atoms with van der Waals surface area (Å²) in [4.78, 5) is 5.55. The Bertz CT molecular complexity index is 829. The summed E-state index contributed by atoms with van der Waals surface area (Å²) in [7, 11) is 0. The molecule has 3 rings (SSSR count). The fourth-order valence-corrected chi connectivity index (χ4v) is 3.63. The number of aryl methyl sites for hydroxylation is 1. The minimum atomic E-state index is -0.664. The summed E-state index contributed by atoms with van der Waals surface area (Å²) >= 11 is 1.48. The van der Waals surface area contributed by atoms with E-state index in [1.165, 1.54) is 17.3 Å². The minimum absolute atomic E-state index is 0.467. The largest absolute Gasteiger partial charge is 0.386 e. The van der Waals surface area contributed by atoms with Crippen LogP contribution in [0.2, 0.25) is 0 Å². The summed E-state index contributed by atoms with van der Waals surface area (Å²) in [6.45, 7) is 4.01. The molecule has 0 bridgehead atoms. The van der Waals surface area contributed by atoms with E-state index in [4.69, 9.17) is 5.73 Å². The lowest BCUT2D eigenvalue weighted by atomic mass is 9.77. The van der Waals surface area contributed by atoms with E-state index in [9.17, 15) is 5.26 Å². The number of nitrogens with zero attached hydrogens (tertiary/aromatic N) is 2. The molecule has 1 atom stereocenters. The molecular weight excluding hydrogens is 302 g/mol. The van der Waals surface area contributed by atoms with E-state index in [1.54, 1.807) is 0 Å². The first kappa shape index (κ1) is 15.4. The van der Waals surface area contributed by atoms with E-state index in [1.807, 2.05) is 68.4 Å². The SMILES string of the molecule is Cc1ccc(SC2=C(C#N)C(C)(c3ccccc3)C(N)=N2)cc1. The van der Waals surface area contributed by atoms with Gasteiger partial charge in [-0.25, -0.2) is 4.99 Å². The third kappa shape index (κ3) is 2.64. The molecule has 0 radical (unpaired) electrons. The lowest BCUT2D eigenvalue weighted by Crippen LogP contribution is -2.37. The highest BCUT2D eigenvalue weighted by Gasteiger charge is 2.42. The first-order valence-corrected chi connectivity index (χ1v) is 8.17. The molecule has 23 heavy (non-hydrogen) atoms. The van der Waals surface area contributed by atoms with Crippen molar-refractivity contribution in [3.05, 3.63) is 76.3 Å². The molecule has 1 unspecified atom stereocenters. The number of amidine groups is 1. The van der Waals surface area contributed by atoms with Crippen LogP contribution in [-0.4, -0.2) is 5.84 Å². The zero-order valence-electron chi connectivity index (χ0n) is 13.1. The van der Waals surface area contributed by atoms with Crippen LogP contribution in [0.25, 0.3) is 0 Å². The van der Waals surface area contributed by atoms with Gasteiger partial charge in [0.2, 0.25) is 0 Å². The van der Waals surface area contributed by atoms with Crippen molar-refractivity contribution in [1.29, 1.82) is 5.26 Å². The summed E-state index contributed by atoms with van der Waals surface area (Å²) in [6.07, 6.45) is 0. The Morgan fingerprint density at radius 1 is 1.09 bits per heavy atom. The van der Waals surface area contributed by atoms with Crippen molar-refractivity contribution in [3.63, 3.8) is 0 Å². The Labute approximate surface area is 140 Å². The van der Waals surface area contributed by atoms with Gasteiger partial charge >= 0.3 is 0 Å². The molecule has 1 heterocycles. The topological polar surface area (TPSA) is 62.2 Å². The molecule has 0 saturated carbocycles. The molecule has 1 aliphatic heterocycles. The number of nitrogens with two attached hydrogens (primary N) is 1.